The van der Waals surface area contributed by atoms with Gasteiger partial charge in [-0.25, -0.2) is 8.42 Å². The van der Waals surface area contributed by atoms with Crippen molar-refractivity contribution >= 4 is 44.8 Å². The molecule has 0 aliphatic carbocycles. The summed E-state index contributed by atoms with van der Waals surface area (Å²) < 4.78 is 28.2. The number of halogens is 2. The summed E-state index contributed by atoms with van der Waals surface area (Å²) in [6.45, 7) is 1.97. The third kappa shape index (κ3) is 4.48. The first-order valence-electron chi connectivity index (χ1n) is 9.67. The number of amides is 1. The van der Waals surface area contributed by atoms with Gasteiger partial charge >= 0.3 is 0 Å². The number of benzene rings is 3. The summed E-state index contributed by atoms with van der Waals surface area (Å²) in [4.78, 5) is 13.3. The SMILES string of the molecule is Cc1ccc(NC(=O)C2Cc3ccccc3CN2S(=O)(=O)c2ccc(Cl)cc2)cc1Cl. The molecule has 3 aromatic rings. The molecule has 3 aromatic carbocycles. The molecule has 1 aliphatic rings. The summed E-state index contributed by atoms with van der Waals surface area (Å²) in [5.74, 6) is -0.410. The van der Waals surface area contributed by atoms with Gasteiger partial charge in [0.1, 0.15) is 6.04 Å². The van der Waals surface area contributed by atoms with Crippen LogP contribution in [-0.4, -0.2) is 24.7 Å². The number of fused-ring (bicyclic) bond motifs is 1. The van der Waals surface area contributed by atoms with Gasteiger partial charge in [0.25, 0.3) is 0 Å². The van der Waals surface area contributed by atoms with Gasteiger partial charge in [0.15, 0.2) is 0 Å². The Kier molecular flexibility index (Phi) is 6.08. The first-order valence-corrected chi connectivity index (χ1v) is 11.9. The van der Waals surface area contributed by atoms with Crippen molar-refractivity contribution in [3.8, 4) is 0 Å². The molecule has 0 aromatic heterocycles. The molecule has 0 bridgehead atoms. The molecule has 0 spiro atoms. The summed E-state index contributed by atoms with van der Waals surface area (Å²) >= 11 is 12.1. The standard InChI is InChI=1S/C23H20Cl2N2O3S/c1-15-6-9-19(13-21(15)25)26-23(28)22-12-16-4-2-3-5-17(16)14-27(22)31(29,30)20-10-7-18(24)8-11-20/h2-11,13,22H,12,14H2,1H3,(H,26,28). The smallest absolute Gasteiger partial charge is 0.244 e. The van der Waals surface area contributed by atoms with Crippen molar-refractivity contribution in [2.45, 2.75) is 30.8 Å². The van der Waals surface area contributed by atoms with Crippen molar-refractivity contribution < 1.29 is 13.2 Å². The number of carbonyl (C=O) groups excluding carboxylic acids is 1. The fourth-order valence-corrected chi connectivity index (χ4v) is 5.48. The highest BCUT2D eigenvalue weighted by Gasteiger charge is 2.39. The van der Waals surface area contributed by atoms with E-state index in [2.05, 4.69) is 5.32 Å². The Morgan fingerprint density at radius 3 is 2.35 bits per heavy atom. The summed E-state index contributed by atoms with van der Waals surface area (Å²) in [7, 11) is -3.94. The zero-order valence-electron chi connectivity index (χ0n) is 16.7. The van der Waals surface area contributed by atoms with E-state index >= 15 is 0 Å². The Morgan fingerprint density at radius 2 is 1.68 bits per heavy atom. The number of carbonyl (C=O) groups is 1. The zero-order chi connectivity index (χ0) is 22.2. The number of aryl methyl sites for hydroxylation is 1. The van der Waals surface area contributed by atoms with Crippen molar-refractivity contribution in [3.63, 3.8) is 0 Å². The molecule has 1 aliphatic heterocycles. The molecule has 1 N–H and O–H groups in total. The molecule has 160 valence electrons. The summed E-state index contributed by atoms with van der Waals surface area (Å²) in [5, 5.41) is 3.79. The third-order valence-corrected chi connectivity index (χ3v) is 7.90. The van der Waals surface area contributed by atoms with Crippen LogP contribution in [0.5, 0.6) is 0 Å². The van der Waals surface area contributed by atoms with Gasteiger partial charge in [0, 0.05) is 22.3 Å². The maximum atomic E-state index is 13.5. The maximum Gasteiger partial charge on any atom is 0.244 e. The maximum absolute atomic E-state index is 13.5. The van der Waals surface area contributed by atoms with E-state index in [9.17, 15) is 13.2 Å². The largest absolute Gasteiger partial charge is 0.325 e. The minimum atomic E-state index is -3.94. The van der Waals surface area contributed by atoms with Crippen molar-refractivity contribution in [3.05, 3.63) is 93.5 Å². The predicted octanol–water partition coefficient (Wildman–Crippen LogP) is 5.06. The van der Waals surface area contributed by atoms with Crippen LogP contribution in [0.1, 0.15) is 16.7 Å². The van der Waals surface area contributed by atoms with E-state index in [-0.39, 0.29) is 17.9 Å². The second-order valence-electron chi connectivity index (χ2n) is 7.45. The first kappa shape index (κ1) is 21.8. The van der Waals surface area contributed by atoms with E-state index in [1.807, 2.05) is 31.2 Å². The summed E-state index contributed by atoms with van der Waals surface area (Å²) in [6, 6.07) is 17.8. The quantitative estimate of drug-likeness (QED) is 0.574. The normalized spacial score (nSPS) is 16.5. The van der Waals surface area contributed by atoms with Crippen LogP contribution in [-0.2, 0) is 27.8 Å². The third-order valence-electron chi connectivity index (χ3n) is 5.37. The van der Waals surface area contributed by atoms with Crippen molar-refractivity contribution in [1.29, 1.82) is 0 Å². The second-order valence-corrected chi connectivity index (χ2v) is 10.2. The highest BCUT2D eigenvalue weighted by molar-refractivity contribution is 7.89. The van der Waals surface area contributed by atoms with Crippen LogP contribution in [0.25, 0.3) is 0 Å². The Hall–Kier alpha value is -2.38. The van der Waals surface area contributed by atoms with E-state index in [1.54, 1.807) is 18.2 Å². The van der Waals surface area contributed by atoms with Crippen LogP contribution >= 0.6 is 23.2 Å². The van der Waals surface area contributed by atoms with Crippen molar-refractivity contribution in [2.75, 3.05) is 5.32 Å². The molecular weight excluding hydrogens is 455 g/mol. The zero-order valence-corrected chi connectivity index (χ0v) is 19.0. The lowest BCUT2D eigenvalue weighted by Gasteiger charge is -2.35. The van der Waals surface area contributed by atoms with Crippen molar-refractivity contribution in [2.24, 2.45) is 0 Å². The number of sulfonamides is 1. The lowest BCUT2D eigenvalue weighted by molar-refractivity contribution is -0.120. The van der Waals surface area contributed by atoms with Gasteiger partial charge in [-0.2, -0.15) is 4.31 Å². The van der Waals surface area contributed by atoms with Gasteiger partial charge in [0.05, 0.1) is 4.90 Å². The Morgan fingerprint density at radius 1 is 1.00 bits per heavy atom. The molecule has 31 heavy (non-hydrogen) atoms. The number of hydrogen-bond donors (Lipinski definition) is 1. The van der Waals surface area contributed by atoms with Gasteiger partial charge in [-0.1, -0.05) is 53.5 Å². The molecular formula is C23H20Cl2N2O3S. The molecule has 1 amide bonds. The lowest BCUT2D eigenvalue weighted by Crippen LogP contribution is -2.50. The summed E-state index contributed by atoms with van der Waals surface area (Å²) in [6.07, 6.45) is 0.272. The Bertz CT molecular complexity index is 1240. The highest BCUT2D eigenvalue weighted by Crippen LogP contribution is 2.30. The number of hydrogen-bond acceptors (Lipinski definition) is 3. The second kappa shape index (κ2) is 8.63. The minimum Gasteiger partial charge on any atom is -0.325 e. The van der Waals surface area contributed by atoms with E-state index in [0.29, 0.717) is 15.7 Å². The topological polar surface area (TPSA) is 66.5 Å². The Labute approximate surface area is 191 Å². The van der Waals surface area contributed by atoms with Crippen LogP contribution in [0.3, 0.4) is 0 Å². The van der Waals surface area contributed by atoms with Gasteiger partial charge in [-0.3, -0.25) is 4.79 Å². The van der Waals surface area contributed by atoms with E-state index in [4.69, 9.17) is 23.2 Å². The average Bonchev–Trinajstić information content (AvgIpc) is 2.75. The molecule has 1 unspecified atom stereocenters. The molecule has 0 radical (unpaired) electrons. The number of nitrogens with zero attached hydrogens (tertiary/aromatic N) is 1. The first-order chi connectivity index (χ1) is 14.8. The van der Waals surface area contributed by atoms with Crippen LogP contribution in [0, 0.1) is 6.92 Å². The molecule has 5 nitrogen and oxygen atoms in total. The fraction of sp³-hybridized carbons (Fsp3) is 0.174. The molecule has 8 heteroatoms. The van der Waals surface area contributed by atoms with Gasteiger partial charge in [-0.15, -0.1) is 0 Å². The average molecular weight is 475 g/mol. The monoisotopic (exact) mass is 474 g/mol. The van der Waals surface area contributed by atoms with Gasteiger partial charge in [-0.05, 0) is 66.4 Å². The minimum absolute atomic E-state index is 0.0902. The van der Waals surface area contributed by atoms with Crippen LogP contribution in [0.4, 0.5) is 5.69 Å². The highest BCUT2D eigenvalue weighted by atomic mass is 35.5. The van der Waals surface area contributed by atoms with E-state index in [0.717, 1.165) is 16.7 Å². The molecule has 4 rings (SSSR count). The van der Waals surface area contributed by atoms with Crippen LogP contribution in [0.15, 0.2) is 71.6 Å². The molecule has 1 atom stereocenters. The van der Waals surface area contributed by atoms with Gasteiger partial charge in [0.2, 0.25) is 15.9 Å². The molecule has 0 saturated heterocycles. The molecule has 1 heterocycles. The van der Waals surface area contributed by atoms with Crippen LogP contribution in [0.2, 0.25) is 10.0 Å². The molecule has 0 fully saturated rings. The fourth-order valence-electron chi connectivity index (χ4n) is 3.61. The van der Waals surface area contributed by atoms with Crippen LogP contribution < -0.4 is 5.32 Å². The Balaban J connectivity index is 1.71. The predicted molar refractivity (Wildman–Crippen MR) is 123 cm³/mol. The number of rotatable bonds is 4. The van der Waals surface area contributed by atoms with Gasteiger partial charge < -0.3 is 5.32 Å². The lowest BCUT2D eigenvalue weighted by atomic mass is 9.95. The van der Waals surface area contributed by atoms with E-state index < -0.39 is 22.0 Å². The molecule has 0 saturated carbocycles. The summed E-state index contributed by atoms with van der Waals surface area (Å²) in [5.41, 5.74) is 3.23. The van der Waals surface area contributed by atoms with E-state index in [1.165, 1.54) is 28.6 Å². The number of anilines is 1. The van der Waals surface area contributed by atoms with Crippen molar-refractivity contribution in [1.82, 2.24) is 4.31 Å². The number of nitrogens with one attached hydrogen (secondary N) is 1.